The van der Waals surface area contributed by atoms with Crippen LogP contribution in [0.4, 0.5) is 0 Å². The molecule has 4 aromatic rings. The number of ether oxygens (including phenoxy) is 6. The van der Waals surface area contributed by atoms with Crippen molar-refractivity contribution in [2.75, 3.05) is 0 Å². The van der Waals surface area contributed by atoms with Gasteiger partial charge in [-0.05, 0) is 252 Å². The molecular weight excluding hydrogens is 997 g/mol. The van der Waals surface area contributed by atoms with Crippen LogP contribution in [-0.4, -0.2) is 69.4 Å². The molecule has 1 aliphatic rings. The molecule has 12 heteroatoms. The molecule has 12 nitrogen and oxygen atoms in total. The molecule has 0 aliphatic heterocycles. The Balaban J connectivity index is 2.07. The molecule has 0 bridgehead atoms. The SMILES string of the molecule is CC(C)(C)OC(=O)C=Cc1cc(C2(c3cc(C=CC(=O)OC(C)(C)C)c(C=CC(=O)OC(C)(C)C)c(C=CC(=O)OC(C)(C)C)c3)c3ccccc3-c3ccccc32)cc(C=CC(=O)OC(C)(C)C)c1C=CC(=O)OC(C)(C)C. The average molecular weight is 1080 g/mol. The number of hydrogen-bond acceptors (Lipinski definition) is 12. The Morgan fingerprint density at radius 1 is 0.316 bits per heavy atom. The van der Waals surface area contributed by atoms with Crippen LogP contribution in [0.25, 0.3) is 47.6 Å². The fourth-order valence-corrected chi connectivity index (χ4v) is 8.74. The highest BCUT2D eigenvalue weighted by molar-refractivity contribution is 5.97. The molecule has 0 saturated carbocycles. The van der Waals surface area contributed by atoms with Gasteiger partial charge in [-0.15, -0.1) is 0 Å². The van der Waals surface area contributed by atoms with Crippen molar-refractivity contribution in [3.8, 4) is 11.1 Å². The van der Waals surface area contributed by atoms with Crippen molar-refractivity contribution in [1.82, 2.24) is 0 Å². The van der Waals surface area contributed by atoms with Gasteiger partial charge in [-0.25, -0.2) is 28.8 Å². The monoisotopic (exact) mass is 1070 g/mol. The molecule has 0 heterocycles. The third-order valence-corrected chi connectivity index (χ3v) is 11.1. The summed E-state index contributed by atoms with van der Waals surface area (Å²) in [6, 6.07) is 23.6. The molecular formula is C67H78O12. The van der Waals surface area contributed by atoms with Crippen molar-refractivity contribution in [1.29, 1.82) is 0 Å². The summed E-state index contributed by atoms with van der Waals surface area (Å²) in [5.74, 6) is -3.78. The van der Waals surface area contributed by atoms with Crippen molar-refractivity contribution >= 4 is 72.3 Å². The average Bonchev–Trinajstić information content (AvgIpc) is 3.58. The van der Waals surface area contributed by atoms with Gasteiger partial charge in [0, 0.05) is 36.5 Å². The number of fused-ring (bicyclic) bond motifs is 3. The van der Waals surface area contributed by atoms with Gasteiger partial charge < -0.3 is 28.4 Å². The van der Waals surface area contributed by atoms with Crippen LogP contribution in [0.2, 0.25) is 0 Å². The number of rotatable bonds is 14. The second-order valence-electron chi connectivity index (χ2n) is 25.2. The molecule has 0 aromatic heterocycles. The van der Waals surface area contributed by atoms with Crippen LogP contribution < -0.4 is 0 Å². The Bertz CT molecular complexity index is 2830. The molecule has 0 saturated heterocycles. The number of benzene rings is 4. The summed E-state index contributed by atoms with van der Waals surface area (Å²) in [7, 11) is 0. The van der Waals surface area contributed by atoms with Crippen LogP contribution in [0, 0.1) is 0 Å². The molecule has 0 spiro atoms. The third kappa shape index (κ3) is 18.1. The molecule has 79 heavy (non-hydrogen) atoms. The highest BCUT2D eigenvalue weighted by Crippen LogP contribution is 2.57. The van der Waals surface area contributed by atoms with Gasteiger partial charge in [-0.3, -0.25) is 0 Å². The highest BCUT2D eigenvalue weighted by atomic mass is 16.6. The molecule has 5 rings (SSSR count). The molecule has 0 N–H and O–H groups in total. The van der Waals surface area contributed by atoms with E-state index in [0.717, 1.165) is 22.3 Å². The number of carbonyl (C=O) groups is 6. The van der Waals surface area contributed by atoms with Crippen molar-refractivity contribution < 1.29 is 57.2 Å². The predicted octanol–water partition coefficient (Wildman–Crippen LogP) is 14.2. The summed E-state index contributed by atoms with van der Waals surface area (Å²) in [5, 5.41) is 0. The van der Waals surface area contributed by atoms with E-state index < -0.39 is 74.8 Å². The number of hydrogen-bond donors (Lipinski definition) is 0. The lowest BCUT2D eigenvalue weighted by atomic mass is 9.66. The van der Waals surface area contributed by atoms with E-state index in [9.17, 15) is 28.8 Å². The molecule has 0 amide bonds. The van der Waals surface area contributed by atoms with Crippen LogP contribution in [0.1, 0.15) is 180 Å². The topological polar surface area (TPSA) is 158 Å². The maximum Gasteiger partial charge on any atom is 0.331 e. The van der Waals surface area contributed by atoms with Gasteiger partial charge in [0.05, 0.1) is 5.41 Å². The molecule has 0 fully saturated rings. The van der Waals surface area contributed by atoms with Crippen LogP contribution in [-0.2, 0) is 62.6 Å². The van der Waals surface area contributed by atoms with E-state index in [1.165, 1.54) is 36.5 Å². The van der Waals surface area contributed by atoms with E-state index in [2.05, 4.69) is 0 Å². The Labute approximate surface area is 467 Å². The van der Waals surface area contributed by atoms with Crippen molar-refractivity contribution in [3.05, 3.63) is 165 Å². The normalized spacial score (nSPS) is 14.1. The Morgan fingerprint density at radius 2 is 0.519 bits per heavy atom. The zero-order valence-corrected chi connectivity index (χ0v) is 49.3. The molecule has 418 valence electrons. The van der Waals surface area contributed by atoms with Crippen molar-refractivity contribution in [2.24, 2.45) is 0 Å². The van der Waals surface area contributed by atoms with E-state index in [1.807, 2.05) is 72.8 Å². The number of esters is 6. The summed E-state index contributed by atoms with van der Waals surface area (Å²) < 4.78 is 34.4. The van der Waals surface area contributed by atoms with E-state index in [1.54, 1.807) is 161 Å². The summed E-state index contributed by atoms with van der Waals surface area (Å²) in [4.78, 5) is 81.3. The first-order chi connectivity index (χ1) is 36.3. The number of carbonyl (C=O) groups excluding carboxylic acids is 6. The van der Waals surface area contributed by atoms with Gasteiger partial charge in [0.15, 0.2) is 0 Å². The van der Waals surface area contributed by atoms with Gasteiger partial charge in [0.25, 0.3) is 0 Å². The lowest BCUT2D eigenvalue weighted by molar-refractivity contribution is -0.149. The summed E-state index contributed by atoms with van der Waals surface area (Å²) in [5.41, 5.74) is 1.14. The molecule has 4 aromatic carbocycles. The van der Waals surface area contributed by atoms with E-state index in [4.69, 9.17) is 28.4 Å². The molecule has 0 atom stereocenters. The lowest BCUT2D eigenvalue weighted by Gasteiger charge is -2.35. The zero-order chi connectivity index (χ0) is 59.1. The first-order valence-electron chi connectivity index (χ1n) is 26.4. The van der Waals surface area contributed by atoms with Gasteiger partial charge in [-0.2, -0.15) is 0 Å². The van der Waals surface area contributed by atoms with Crippen molar-refractivity contribution in [2.45, 2.75) is 164 Å². The van der Waals surface area contributed by atoms with Crippen LogP contribution in [0.5, 0.6) is 0 Å². The molecule has 1 aliphatic carbocycles. The van der Waals surface area contributed by atoms with Crippen LogP contribution in [0.15, 0.2) is 109 Å². The maximum atomic E-state index is 13.6. The summed E-state index contributed by atoms with van der Waals surface area (Å²) in [6.45, 7) is 31.7. The fourth-order valence-electron chi connectivity index (χ4n) is 8.74. The minimum absolute atomic E-state index is 0.438. The smallest absolute Gasteiger partial charge is 0.331 e. The second-order valence-corrected chi connectivity index (χ2v) is 25.2. The van der Waals surface area contributed by atoms with Gasteiger partial charge in [0.1, 0.15) is 33.6 Å². The quantitative estimate of drug-likeness (QED) is 0.0590. The largest absolute Gasteiger partial charge is 0.457 e. The van der Waals surface area contributed by atoms with E-state index in [0.29, 0.717) is 44.5 Å². The van der Waals surface area contributed by atoms with E-state index >= 15 is 0 Å². The van der Waals surface area contributed by atoms with Crippen molar-refractivity contribution in [3.63, 3.8) is 0 Å². The predicted molar refractivity (Wildman–Crippen MR) is 313 cm³/mol. The zero-order valence-electron chi connectivity index (χ0n) is 49.3. The lowest BCUT2D eigenvalue weighted by Crippen LogP contribution is -2.29. The van der Waals surface area contributed by atoms with Gasteiger partial charge in [0.2, 0.25) is 0 Å². The standard InChI is InChI=1S/C67H78O12/c1-61(2,3)74-55(68)33-27-43-39-47(40-44(28-34-56(69)75-62(4,5)6)49(43)31-37-59(72)78-65(13,14)15)67(53-25-21-19-23-51(53)52-24-20-22-26-54(52)67)48-41-45(29-35-57(70)76-63(7,8)9)50(32-38-60(73)79-66(16,17)18)46(42-48)30-36-58(71)77-64(10,11)12/h19-42H,1-18H3. The Hall–Kier alpha value is -7.86. The highest BCUT2D eigenvalue weighted by Gasteiger charge is 2.47. The minimum atomic E-state index is -1.29. The van der Waals surface area contributed by atoms with Gasteiger partial charge >= 0.3 is 35.8 Å². The Kier molecular flexibility index (Phi) is 18.8. The summed E-state index contributed by atoms with van der Waals surface area (Å²) >= 11 is 0. The first kappa shape index (κ1) is 62.0. The summed E-state index contributed by atoms with van der Waals surface area (Å²) in [6.07, 6.45) is 17.4. The third-order valence-electron chi connectivity index (χ3n) is 11.1. The maximum absolute atomic E-state index is 13.6. The fraction of sp³-hybridized carbons (Fsp3) is 0.373. The Morgan fingerprint density at radius 3 is 0.734 bits per heavy atom. The van der Waals surface area contributed by atoms with E-state index in [-0.39, 0.29) is 0 Å². The van der Waals surface area contributed by atoms with Crippen LogP contribution in [0.3, 0.4) is 0 Å². The van der Waals surface area contributed by atoms with Crippen LogP contribution >= 0.6 is 0 Å². The second kappa shape index (κ2) is 24.0. The van der Waals surface area contributed by atoms with Gasteiger partial charge in [-0.1, -0.05) is 48.5 Å². The molecule has 0 radical (unpaired) electrons. The first-order valence-corrected chi connectivity index (χ1v) is 26.4. The minimum Gasteiger partial charge on any atom is -0.457 e. The molecule has 0 unspecified atom stereocenters.